The molecule has 240 valence electrons. The van der Waals surface area contributed by atoms with Gasteiger partial charge in [0.25, 0.3) is 0 Å². The molecule has 0 spiro atoms. The van der Waals surface area contributed by atoms with Gasteiger partial charge in [-0.2, -0.15) is 0 Å². The molecule has 1 aromatic carbocycles. The molecule has 0 fully saturated rings. The van der Waals surface area contributed by atoms with Crippen LogP contribution in [0.4, 0.5) is 0 Å². The molecule has 0 heterocycles. The minimum Gasteiger partial charge on any atom is -0.493 e. The lowest BCUT2D eigenvalue weighted by molar-refractivity contribution is 0.240. The maximum atomic E-state index is 6.58. The number of nitrogens with two attached hydrogens (primary N) is 2. The van der Waals surface area contributed by atoms with Crippen LogP contribution in [-0.2, 0) is 12.8 Å². The summed E-state index contributed by atoms with van der Waals surface area (Å²) in [7, 11) is 0. The summed E-state index contributed by atoms with van der Waals surface area (Å²) in [5, 5.41) is 14.1. The molecule has 41 heavy (non-hydrogen) atoms. The minimum atomic E-state index is 0.122. The summed E-state index contributed by atoms with van der Waals surface area (Å²) in [5.41, 5.74) is 15.7. The van der Waals surface area contributed by atoms with Crippen LogP contribution in [0.25, 0.3) is 0 Å². The zero-order valence-corrected chi connectivity index (χ0v) is 27.7. The molecule has 0 aliphatic heterocycles. The monoisotopic (exact) mass is 577 g/mol. The number of hydrogen-bond acceptors (Lipinski definition) is 7. The van der Waals surface area contributed by atoms with Gasteiger partial charge in [0.2, 0.25) is 0 Å². The standard InChI is InChI=1S/C34H68N6O/c1-7-29(8-2)26-41-34-22-30(20-32(35)11-17-37-13-9-15-39-24-27(3)4)19-31(23-34)21-33(36)12-18-38-14-10-16-40-25-28(5)6/h19,22-23,27-29,32-33,37-40H,7-18,20-21,24-26,35-36H2,1-6H3. The lowest BCUT2D eigenvalue weighted by atomic mass is 9.97. The third-order valence-electron chi connectivity index (χ3n) is 7.57. The van der Waals surface area contributed by atoms with E-state index in [1.165, 1.54) is 11.1 Å². The van der Waals surface area contributed by atoms with E-state index in [9.17, 15) is 0 Å². The number of ether oxygens (including phenoxy) is 1. The fraction of sp³-hybridized carbons (Fsp3) is 0.824. The predicted octanol–water partition coefficient (Wildman–Crippen LogP) is 4.47. The molecule has 0 amide bonds. The Morgan fingerprint density at radius 2 is 1.07 bits per heavy atom. The van der Waals surface area contributed by atoms with Crippen LogP contribution in [0, 0.1) is 17.8 Å². The molecule has 7 nitrogen and oxygen atoms in total. The van der Waals surface area contributed by atoms with Gasteiger partial charge in [-0.3, -0.25) is 0 Å². The topological polar surface area (TPSA) is 109 Å². The molecule has 0 saturated carbocycles. The highest BCUT2D eigenvalue weighted by Crippen LogP contribution is 2.22. The van der Waals surface area contributed by atoms with Gasteiger partial charge in [-0.25, -0.2) is 0 Å². The number of rotatable bonds is 27. The van der Waals surface area contributed by atoms with Gasteiger partial charge in [-0.15, -0.1) is 0 Å². The molecular formula is C34H68N6O. The third-order valence-corrected chi connectivity index (χ3v) is 7.57. The summed E-state index contributed by atoms with van der Waals surface area (Å²) < 4.78 is 6.30. The van der Waals surface area contributed by atoms with Crippen LogP contribution < -0.4 is 37.5 Å². The fourth-order valence-corrected chi connectivity index (χ4v) is 4.88. The van der Waals surface area contributed by atoms with Gasteiger partial charge in [0.05, 0.1) is 6.61 Å². The molecule has 0 aromatic heterocycles. The third kappa shape index (κ3) is 21.2. The highest BCUT2D eigenvalue weighted by Gasteiger charge is 2.12. The summed E-state index contributed by atoms with van der Waals surface area (Å²) in [5.74, 6) is 2.96. The van der Waals surface area contributed by atoms with Crippen molar-refractivity contribution in [2.75, 3.05) is 59.0 Å². The maximum absolute atomic E-state index is 6.58. The Balaban J connectivity index is 2.54. The van der Waals surface area contributed by atoms with Gasteiger partial charge in [-0.05, 0) is 132 Å². The molecule has 2 unspecified atom stereocenters. The lowest BCUT2D eigenvalue weighted by Crippen LogP contribution is -2.31. The minimum absolute atomic E-state index is 0.122. The van der Waals surface area contributed by atoms with Crippen molar-refractivity contribution in [3.63, 3.8) is 0 Å². The van der Waals surface area contributed by atoms with Gasteiger partial charge in [0.15, 0.2) is 0 Å². The molecule has 0 bridgehead atoms. The van der Waals surface area contributed by atoms with Crippen LogP contribution in [0.15, 0.2) is 18.2 Å². The highest BCUT2D eigenvalue weighted by molar-refractivity contribution is 5.35. The van der Waals surface area contributed by atoms with E-state index in [1.54, 1.807) is 0 Å². The predicted molar refractivity (Wildman–Crippen MR) is 179 cm³/mol. The van der Waals surface area contributed by atoms with E-state index in [4.69, 9.17) is 16.2 Å². The second kappa shape index (κ2) is 24.2. The SMILES string of the molecule is CCC(CC)COc1cc(CC(N)CCNCCCNCC(C)C)cc(CC(N)CCNCCCNCC(C)C)c1. The number of nitrogens with one attached hydrogen (secondary N) is 4. The molecule has 1 aromatic rings. The van der Waals surface area contributed by atoms with Gasteiger partial charge in [0.1, 0.15) is 5.75 Å². The van der Waals surface area contributed by atoms with Crippen LogP contribution in [-0.4, -0.2) is 71.0 Å². The first-order chi connectivity index (χ1) is 19.7. The Bertz CT molecular complexity index is 690. The molecule has 2 atom stereocenters. The van der Waals surface area contributed by atoms with Crippen molar-refractivity contribution in [3.05, 3.63) is 29.3 Å². The Labute approximate surface area is 254 Å². The van der Waals surface area contributed by atoms with Crippen LogP contribution in [0.1, 0.15) is 91.2 Å². The van der Waals surface area contributed by atoms with Crippen LogP contribution in [0.2, 0.25) is 0 Å². The van der Waals surface area contributed by atoms with Gasteiger partial charge >= 0.3 is 0 Å². The van der Waals surface area contributed by atoms with Crippen molar-refractivity contribution in [2.45, 2.75) is 105 Å². The molecule has 8 N–H and O–H groups in total. The van der Waals surface area contributed by atoms with Crippen molar-refractivity contribution >= 4 is 0 Å². The second-order valence-electron chi connectivity index (χ2n) is 12.9. The molecule has 1 rings (SSSR count). The Hall–Kier alpha value is -1.22. The normalized spacial score (nSPS) is 13.4. The first-order valence-corrected chi connectivity index (χ1v) is 16.8. The molecule has 0 aliphatic rings. The van der Waals surface area contributed by atoms with Gasteiger partial charge in [0, 0.05) is 12.1 Å². The average molecular weight is 577 g/mol. The molecule has 7 heteroatoms. The summed E-state index contributed by atoms with van der Waals surface area (Å²) in [4.78, 5) is 0. The zero-order valence-electron chi connectivity index (χ0n) is 27.7. The highest BCUT2D eigenvalue weighted by atomic mass is 16.5. The van der Waals surface area contributed by atoms with E-state index in [0.29, 0.717) is 17.8 Å². The fourth-order valence-electron chi connectivity index (χ4n) is 4.88. The quantitative estimate of drug-likeness (QED) is 0.0858. The summed E-state index contributed by atoms with van der Waals surface area (Å²) in [6.07, 6.45) is 8.21. The average Bonchev–Trinajstić information content (AvgIpc) is 2.91. The molecule has 0 aliphatic carbocycles. The Morgan fingerprint density at radius 1 is 0.634 bits per heavy atom. The summed E-state index contributed by atoms with van der Waals surface area (Å²) in [6, 6.07) is 6.93. The van der Waals surface area contributed by atoms with E-state index in [2.05, 4.69) is 81.0 Å². The largest absolute Gasteiger partial charge is 0.493 e. The molecule has 0 saturated heterocycles. The van der Waals surface area contributed by atoms with E-state index in [1.807, 2.05) is 0 Å². The summed E-state index contributed by atoms with van der Waals surface area (Å²) in [6.45, 7) is 22.5. The van der Waals surface area contributed by atoms with Crippen molar-refractivity contribution in [1.29, 1.82) is 0 Å². The summed E-state index contributed by atoms with van der Waals surface area (Å²) >= 11 is 0. The first kappa shape index (κ1) is 37.8. The molecule has 0 radical (unpaired) electrons. The zero-order chi connectivity index (χ0) is 30.3. The smallest absolute Gasteiger partial charge is 0.119 e. The van der Waals surface area contributed by atoms with Crippen LogP contribution >= 0.6 is 0 Å². The van der Waals surface area contributed by atoms with E-state index in [-0.39, 0.29) is 12.1 Å². The van der Waals surface area contributed by atoms with Crippen LogP contribution in [0.3, 0.4) is 0 Å². The van der Waals surface area contributed by atoms with E-state index < -0.39 is 0 Å². The van der Waals surface area contributed by atoms with E-state index >= 15 is 0 Å². The van der Waals surface area contributed by atoms with Crippen LogP contribution in [0.5, 0.6) is 5.75 Å². The number of hydrogen-bond donors (Lipinski definition) is 6. The van der Waals surface area contributed by atoms with Crippen molar-refractivity contribution in [2.24, 2.45) is 29.2 Å². The van der Waals surface area contributed by atoms with Crippen molar-refractivity contribution in [3.8, 4) is 5.75 Å². The first-order valence-electron chi connectivity index (χ1n) is 16.8. The van der Waals surface area contributed by atoms with Crippen molar-refractivity contribution in [1.82, 2.24) is 21.3 Å². The maximum Gasteiger partial charge on any atom is 0.119 e. The van der Waals surface area contributed by atoms with Gasteiger partial charge in [-0.1, -0.05) is 60.5 Å². The molecular weight excluding hydrogens is 508 g/mol. The number of benzene rings is 1. The van der Waals surface area contributed by atoms with Crippen molar-refractivity contribution < 1.29 is 4.74 Å². The lowest BCUT2D eigenvalue weighted by Gasteiger charge is -2.19. The van der Waals surface area contributed by atoms with E-state index in [0.717, 1.165) is 116 Å². The Morgan fingerprint density at radius 3 is 1.49 bits per heavy atom. The Kier molecular flexibility index (Phi) is 22.4. The van der Waals surface area contributed by atoms with Gasteiger partial charge < -0.3 is 37.5 Å². The second-order valence-corrected chi connectivity index (χ2v) is 12.9.